The van der Waals surface area contributed by atoms with E-state index in [0.717, 1.165) is 11.6 Å². The van der Waals surface area contributed by atoms with E-state index in [1.54, 1.807) is 0 Å². The van der Waals surface area contributed by atoms with Gasteiger partial charge in [-0.25, -0.2) is 8.78 Å². The fourth-order valence-electron chi connectivity index (χ4n) is 3.31. The van der Waals surface area contributed by atoms with Crippen molar-refractivity contribution >= 4 is 0 Å². The van der Waals surface area contributed by atoms with Crippen molar-refractivity contribution in [3.05, 3.63) is 35.4 Å². The van der Waals surface area contributed by atoms with E-state index >= 15 is 0 Å². The lowest BCUT2D eigenvalue weighted by atomic mass is 9.70. The standard InChI is InChI=1S/C17H25F2N/c1-17(2)6-4-13(5-7-17)16(20-3)10-12-8-14(18)11-15(19)9-12/h8-9,11,13,16,20H,4-7,10H2,1-3H3. The van der Waals surface area contributed by atoms with Crippen molar-refractivity contribution in [2.45, 2.75) is 52.0 Å². The van der Waals surface area contributed by atoms with E-state index in [-0.39, 0.29) is 0 Å². The fraction of sp³-hybridized carbons (Fsp3) is 0.647. The Hall–Kier alpha value is -0.960. The summed E-state index contributed by atoms with van der Waals surface area (Å²) < 4.78 is 26.5. The van der Waals surface area contributed by atoms with E-state index < -0.39 is 11.6 Å². The van der Waals surface area contributed by atoms with Gasteiger partial charge in [0.25, 0.3) is 0 Å². The monoisotopic (exact) mass is 281 g/mol. The molecule has 0 saturated heterocycles. The number of benzene rings is 1. The van der Waals surface area contributed by atoms with E-state index in [4.69, 9.17) is 0 Å². The molecule has 1 atom stereocenters. The number of halogens is 2. The molecule has 1 aliphatic carbocycles. The summed E-state index contributed by atoms with van der Waals surface area (Å²) in [5.41, 5.74) is 1.19. The van der Waals surface area contributed by atoms with Crippen molar-refractivity contribution in [2.24, 2.45) is 11.3 Å². The van der Waals surface area contributed by atoms with Crippen LogP contribution in [0.5, 0.6) is 0 Å². The maximum Gasteiger partial charge on any atom is 0.126 e. The Kier molecular flexibility index (Phi) is 4.79. The molecule has 0 bridgehead atoms. The van der Waals surface area contributed by atoms with Crippen LogP contribution < -0.4 is 5.32 Å². The molecule has 0 aliphatic heterocycles. The molecule has 1 nitrogen and oxygen atoms in total. The molecule has 2 rings (SSSR count). The summed E-state index contributed by atoms with van der Waals surface area (Å²) in [5, 5.41) is 3.34. The third-order valence-electron chi connectivity index (χ3n) is 4.70. The lowest BCUT2D eigenvalue weighted by Gasteiger charge is -2.38. The molecule has 1 aliphatic rings. The van der Waals surface area contributed by atoms with Crippen molar-refractivity contribution in [1.29, 1.82) is 0 Å². The molecule has 0 radical (unpaired) electrons. The first-order valence-corrected chi connectivity index (χ1v) is 7.52. The number of nitrogens with one attached hydrogen (secondary N) is 1. The predicted molar refractivity (Wildman–Crippen MR) is 78.6 cm³/mol. The molecule has 112 valence electrons. The van der Waals surface area contributed by atoms with E-state index in [1.807, 2.05) is 7.05 Å². The molecule has 1 fully saturated rings. The van der Waals surface area contributed by atoms with Gasteiger partial charge in [0.2, 0.25) is 0 Å². The summed E-state index contributed by atoms with van der Waals surface area (Å²) in [6.45, 7) is 4.64. The van der Waals surface area contributed by atoms with E-state index in [2.05, 4.69) is 19.2 Å². The van der Waals surface area contributed by atoms with E-state index in [1.165, 1.54) is 37.8 Å². The normalized spacial score (nSPS) is 20.9. The Morgan fingerprint density at radius 3 is 2.20 bits per heavy atom. The van der Waals surface area contributed by atoms with Crippen LogP contribution in [0.3, 0.4) is 0 Å². The maximum absolute atomic E-state index is 13.3. The van der Waals surface area contributed by atoms with E-state index in [9.17, 15) is 8.78 Å². The van der Waals surface area contributed by atoms with Crippen LogP contribution in [0.4, 0.5) is 8.78 Å². The third-order valence-corrected chi connectivity index (χ3v) is 4.70. The second-order valence-corrected chi connectivity index (χ2v) is 6.88. The number of hydrogen-bond donors (Lipinski definition) is 1. The fourth-order valence-corrected chi connectivity index (χ4v) is 3.31. The summed E-state index contributed by atoms with van der Waals surface area (Å²) in [6.07, 6.45) is 5.53. The highest BCUT2D eigenvalue weighted by molar-refractivity contribution is 5.19. The molecule has 1 aromatic carbocycles. The molecule has 1 N–H and O–H groups in total. The van der Waals surface area contributed by atoms with Gasteiger partial charge in [0.05, 0.1) is 0 Å². The molecule has 20 heavy (non-hydrogen) atoms. The second-order valence-electron chi connectivity index (χ2n) is 6.88. The Morgan fingerprint density at radius 1 is 1.15 bits per heavy atom. The number of rotatable bonds is 4. The molecule has 0 heterocycles. The Morgan fingerprint density at radius 2 is 1.70 bits per heavy atom. The largest absolute Gasteiger partial charge is 0.316 e. The number of likely N-dealkylation sites (N-methyl/N-ethyl adjacent to an activating group) is 1. The van der Waals surface area contributed by atoms with Crippen molar-refractivity contribution in [3.63, 3.8) is 0 Å². The van der Waals surface area contributed by atoms with Gasteiger partial charge in [-0.3, -0.25) is 0 Å². The first-order chi connectivity index (χ1) is 9.39. The van der Waals surface area contributed by atoms with Gasteiger partial charge in [0, 0.05) is 12.1 Å². The van der Waals surface area contributed by atoms with Crippen LogP contribution >= 0.6 is 0 Å². The zero-order valence-electron chi connectivity index (χ0n) is 12.7. The van der Waals surface area contributed by atoms with Crippen LogP contribution in [0.1, 0.15) is 45.1 Å². The molecule has 0 aromatic heterocycles. The SMILES string of the molecule is CNC(Cc1cc(F)cc(F)c1)C1CCC(C)(C)CC1. The number of hydrogen-bond acceptors (Lipinski definition) is 1. The van der Waals surface area contributed by atoms with Gasteiger partial charge >= 0.3 is 0 Å². The van der Waals surface area contributed by atoms with Crippen LogP contribution in [-0.4, -0.2) is 13.1 Å². The van der Waals surface area contributed by atoms with Crippen LogP contribution in [0.2, 0.25) is 0 Å². The van der Waals surface area contributed by atoms with Gasteiger partial charge in [-0.05, 0) is 68.2 Å². The zero-order valence-corrected chi connectivity index (χ0v) is 12.7. The second kappa shape index (κ2) is 6.21. The summed E-state index contributed by atoms with van der Waals surface area (Å²) in [7, 11) is 1.94. The lowest BCUT2D eigenvalue weighted by Crippen LogP contribution is -2.38. The Labute approximate surface area is 120 Å². The molecule has 0 amide bonds. The molecular formula is C17H25F2N. The Bertz CT molecular complexity index is 426. The average molecular weight is 281 g/mol. The average Bonchev–Trinajstić information content (AvgIpc) is 2.35. The topological polar surface area (TPSA) is 12.0 Å². The van der Waals surface area contributed by atoms with Gasteiger partial charge in [0.15, 0.2) is 0 Å². The summed E-state index contributed by atoms with van der Waals surface area (Å²) in [6, 6.07) is 4.12. The van der Waals surface area contributed by atoms with Crippen molar-refractivity contribution in [3.8, 4) is 0 Å². The van der Waals surface area contributed by atoms with Gasteiger partial charge in [-0.1, -0.05) is 13.8 Å². The highest BCUT2D eigenvalue weighted by Gasteiger charge is 2.30. The summed E-state index contributed by atoms with van der Waals surface area (Å²) in [5.74, 6) is -0.376. The van der Waals surface area contributed by atoms with Crippen LogP contribution in [-0.2, 0) is 6.42 Å². The molecule has 0 spiro atoms. The molecular weight excluding hydrogens is 256 g/mol. The Balaban J connectivity index is 2.02. The summed E-state index contributed by atoms with van der Waals surface area (Å²) >= 11 is 0. The lowest BCUT2D eigenvalue weighted by molar-refractivity contribution is 0.163. The van der Waals surface area contributed by atoms with E-state index in [0.29, 0.717) is 23.8 Å². The van der Waals surface area contributed by atoms with Crippen molar-refractivity contribution < 1.29 is 8.78 Å². The highest BCUT2D eigenvalue weighted by Crippen LogP contribution is 2.39. The minimum atomic E-state index is -0.486. The first-order valence-electron chi connectivity index (χ1n) is 7.52. The molecule has 1 saturated carbocycles. The third kappa shape index (κ3) is 4.02. The minimum Gasteiger partial charge on any atom is -0.316 e. The maximum atomic E-state index is 13.3. The minimum absolute atomic E-state index is 0.298. The molecule has 3 heteroatoms. The summed E-state index contributed by atoms with van der Waals surface area (Å²) in [4.78, 5) is 0. The van der Waals surface area contributed by atoms with Gasteiger partial charge in [-0.2, -0.15) is 0 Å². The van der Waals surface area contributed by atoms with Gasteiger partial charge in [-0.15, -0.1) is 0 Å². The predicted octanol–water partition coefficient (Wildman–Crippen LogP) is 4.31. The first kappa shape index (κ1) is 15.4. The zero-order chi connectivity index (χ0) is 14.8. The van der Waals surface area contributed by atoms with Gasteiger partial charge in [0.1, 0.15) is 11.6 Å². The highest BCUT2D eigenvalue weighted by atomic mass is 19.1. The molecule has 1 aromatic rings. The molecule has 1 unspecified atom stereocenters. The quantitative estimate of drug-likeness (QED) is 0.867. The van der Waals surface area contributed by atoms with Crippen molar-refractivity contribution in [2.75, 3.05) is 7.05 Å². The van der Waals surface area contributed by atoms with Crippen LogP contribution in [0.25, 0.3) is 0 Å². The smallest absolute Gasteiger partial charge is 0.126 e. The van der Waals surface area contributed by atoms with Gasteiger partial charge < -0.3 is 5.32 Å². The van der Waals surface area contributed by atoms with Crippen LogP contribution in [0.15, 0.2) is 18.2 Å². The van der Waals surface area contributed by atoms with Crippen molar-refractivity contribution in [1.82, 2.24) is 5.32 Å². The van der Waals surface area contributed by atoms with Crippen LogP contribution in [0, 0.1) is 23.0 Å².